The van der Waals surface area contributed by atoms with E-state index in [0.717, 1.165) is 12.8 Å². The van der Waals surface area contributed by atoms with Crippen molar-refractivity contribution in [3.05, 3.63) is 38.3 Å². The molecule has 1 aromatic rings. The van der Waals surface area contributed by atoms with E-state index in [0.29, 0.717) is 12.1 Å². The quantitative estimate of drug-likeness (QED) is 0.658. The Morgan fingerprint density at radius 1 is 1.58 bits per heavy atom. The Hall–Kier alpha value is -1.08. The molecule has 1 fully saturated rings. The van der Waals surface area contributed by atoms with E-state index in [1.54, 1.807) is 17.8 Å². The molecule has 0 atom stereocenters. The van der Waals surface area contributed by atoms with Gasteiger partial charge >= 0.3 is 0 Å². The summed E-state index contributed by atoms with van der Waals surface area (Å²) in [7, 11) is 0. The van der Waals surface area contributed by atoms with Crippen molar-refractivity contribution >= 4 is 39.3 Å². The summed E-state index contributed by atoms with van der Waals surface area (Å²) in [6.45, 7) is 0.599. The van der Waals surface area contributed by atoms with Gasteiger partial charge in [0, 0.05) is 17.4 Å². The predicted molar refractivity (Wildman–Crippen MR) is 78.6 cm³/mol. The van der Waals surface area contributed by atoms with E-state index in [-0.39, 0.29) is 20.8 Å². The number of nitrogens with one attached hydrogen (secondary N) is 1. The zero-order valence-electron chi connectivity index (χ0n) is 10.3. The third-order valence-corrected chi connectivity index (χ3v) is 5.48. The summed E-state index contributed by atoms with van der Waals surface area (Å²) in [5, 5.41) is 13.7. The maximum Gasteiger partial charge on any atom is 0.284 e. The second kappa shape index (κ2) is 5.50. The first-order valence-electron chi connectivity index (χ1n) is 5.75. The van der Waals surface area contributed by atoms with Crippen molar-refractivity contribution in [2.45, 2.75) is 17.6 Å². The number of hydrogen-bond acceptors (Lipinski definition) is 4. The van der Waals surface area contributed by atoms with E-state index in [4.69, 9.17) is 0 Å². The van der Waals surface area contributed by atoms with Gasteiger partial charge in [-0.2, -0.15) is 11.8 Å². The van der Waals surface area contributed by atoms with Crippen LogP contribution in [0.25, 0.3) is 0 Å². The summed E-state index contributed by atoms with van der Waals surface area (Å²) in [5.41, 5.74) is 0.199. The van der Waals surface area contributed by atoms with Crippen molar-refractivity contribution < 1.29 is 9.72 Å². The lowest BCUT2D eigenvalue weighted by molar-refractivity contribution is -0.385. The smallest absolute Gasteiger partial charge is 0.284 e. The van der Waals surface area contributed by atoms with Gasteiger partial charge in [0.25, 0.3) is 11.6 Å². The van der Waals surface area contributed by atoms with Crippen LogP contribution in [0.2, 0.25) is 0 Å². The molecule has 1 aliphatic rings. The van der Waals surface area contributed by atoms with Crippen molar-refractivity contribution in [2.75, 3.05) is 12.8 Å². The van der Waals surface area contributed by atoms with Gasteiger partial charge in [-0.25, -0.2) is 0 Å². The molecule has 1 N–H and O–H groups in total. The van der Waals surface area contributed by atoms with E-state index in [1.807, 2.05) is 6.26 Å². The number of carbonyl (C=O) groups excluding carboxylic acids is 1. The van der Waals surface area contributed by atoms with Gasteiger partial charge in [-0.15, -0.1) is 0 Å². The molecule has 1 saturated carbocycles. The van der Waals surface area contributed by atoms with Crippen LogP contribution in [0.15, 0.2) is 22.7 Å². The summed E-state index contributed by atoms with van der Waals surface area (Å²) in [4.78, 5) is 22.4. The molecular formula is C12H13BrN2O3S. The third kappa shape index (κ3) is 3.09. The van der Waals surface area contributed by atoms with Crippen LogP contribution < -0.4 is 5.32 Å². The van der Waals surface area contributed by atoms with Crippen LogP contribution in [0.1, 0.15) is 23.2 Å². The topological polar surface area (TPSA) is 72.2 Å². The van der Waals surface area contributed by atoms with Crippen LogP contribution in [0.4, 0.5) is 5.69 Å². The second-order valence-corrected chi connectivity index (χ2v) is 6.53. The molecule has 0 bridgehead atoms. The molecule has 102 valence electrons. The number of benzene rings is 1. The zero-order chi connectivity index (χ0) is 14.0. The molecule has 1 amide bonds. The normalized spacial score (nSPS) is 15.9. The zero-order valence-corrected chi connectivity index (χ0v) is 12.7. The predicted octanol–water partition coefficient (Wildman–Crippen LogP) is 2.98. The highest BCUT2D eigenvalue weighted by atomic mass is 79.9. The van der Waals surface area contributed by atoms with Gasteiger partial charge in [-0.05, 0) is 41.1 Å². The Morgan fingerprint density at radius 3 is 2.79 bits per heavy atom. The van der Waals surface area contributed by atoms with Crippen molar-refractivity contribution in [1.29, 1.82) is 0 Å². The number of amides is 1. The van der Waals surface area contributed by atoms with Crippen LogP contribution in [0, 0.1) is 10.1 Å². The molecule has 0 radical (unpaired) electrons. The van der Waals surface area contributed by atoms with Crippen molar-refractivity contribution in [3.63, 3.8) is 0 Å². The lowest BCUT2D eigenvalue weighted by Gasteiger charge is -2.13. The van der Waals surface area contributed by atoms with E-state index in [9.17, 15) is 14.9 Å². The van der Waals surface area contributed by atoms with Gasteiger partial charge in [-0.1, -0.05) is 6.07 Å². The average molecular weight is 345 g/mol. The highest BCUT2D eigenvalue weighted by Gasteiger charge is 2.42. The number of nitro benzene ring substituents is 1. The number of nitrogens with zero attached hydrogens (tertiary/aromatic N) is 1. The molecule has 0 aliphatic heterocycles. The molecule has 1 aromatic carbocycles. The Balaban J connectivity index is 2.11. The van der Waals surface area contributed by atoms with E-state index in [2.05, 4.69) is 21.2 Å². The van der Waals surface area contributed by atoms with Crippen LogP contribution in [-0.4, -0.2) is 28.4 Å². The molecule has 0 saturated heterocycles. The fourth-order valence-corrected chi connectivity index (χ4v) is 3.08. The minimum absolute atomic E-state index is 0.0985. The van der Waals surface area contributed by atoms with Gasteiger partial charge in [0.2, 0.25) is 0 Å². The Morgan fingerprint density at radius 2 is 2.26 bits per heavy atom. The Bertz CT molecular complexity index is 532. The summed E-state index contributed by atoms with van der Waals surface area (Å²) >= 11 is 4.88. The monoisotopic (exact) mass is 344 g/mol. The summed E-state index contributed by atoms with van der Waals surface area (Å²) in [6.07, 6.45) is 4.23. The lowest BCUT2D eigenvalue weighted by Crippen LogP contribution is -2.31. The molecule has 0 unspecified atom stereocenters. The number of thioether (sulfide) groups is 1. The molecule has 0 heterocycles. The summed E-state index contributed by atoms with van der Waals surface area (Å²) in [5.74, 6) is -0.282. The van der Waals surface area contributed by atoms with Crippen molar-refractivity contribution in [3.8, 4) is 0 Å². The lowest BCUT2D eigenvalue weighted by atomic mass is 10.2. The molecule has 0 aromatic heterocycles. The van der Waals surface area contributed by atoms with E-state index in [1.165, 1.54) is 12.1 Å². The van der Waals surface area contributed by atoms with Crippen LogP contribution in [0.5, 0.6) is 0 Å². The molecule has 7 heteroatoms. The number of carbonyl (C=O) groups is 1. The first kappa shape index (κ1) is 14.3. The van der Waals surface area contributed by atoms with Crippen LogP contribution in [0.3, 0.4) is 0 Å². The van der Waals surface area contributed by atoms with Gasteiger partial charge in [0.05, 0.1) is 10.5 Å². The largest absolute Gasteiger partial charge is 0.351 e. The minimum atomic E-state index is -0.509. The number of rotatable bonds is 5. The fraction of sp³-hybridized carbons (Fsp3) is 0.417. The third-order valence-electron chi connectivity index (χ3n) is 3.23. The van der Waals surface area contributed by atoms with Gasteiger partial charge in [0.1, 0.15) is 4.47 Å². The standard InChI is InChI=1S/C12H13BrN2O3S/c1-19-12(5-6-12)7-14-11(16)8-3-2-4-9(10(8)13)15(17)18/h2-4H,5-7H2,1H3,(H,14,16). The maximum atomic E-state index is 12.1. The minimum Gasteiger partial charge on any atom is -0.351 e. The summed E-state index contributed by atoms with van der Waals surface area (Å²) in [6, 6.07) is 4.45. The first-order chi connectivity index (χ1) is 8.99. The summed E-state index contributed by atoms with van der Waals surface area (Å²) < 4.78 is 0.398. The number of hydrogen-bond donors (Lipinski definition) is 1. The van der Waals surface area contributed by atoms with Crippen LogP contribution in [-0.2, 0) is 0 Å². The second-order valence-electron chi connectivity index (χ2n) is 4.47. The molecule has 5 nitrogen and oxygen atoms in total. The Kier molecular flexibility index (Phi) is 4.15. The van der Waals surface area contributed by atoms with E-state index >= 15 is 0 Å². The highest BCUT2D eigenvalue weighted by Crippen LogP contribution is 2.46. The van der Waals surface area contributed by atoms with E-state index < -0.39 is 4.92 Å². The molecular weight excluding hydrogens is 332 g/mol. The molecule has 19 heavy (non-hydrogen) atoms. The van der Waals surface area contributed by atoms with Crippen molar-refractivity contribution in [1.82, 2.24) is 5.32 Å². The number of halogens is 1. The average Bonchev–Trinajstić information content (AvgIpc) is 3.16. The highest BCUT2D eigenvalue weighted by molar-refractivity contribution is 9.10. The van der Waals surface area contributed by atoms with Gasteiger partial charge in [0.15, 0.2) is 0 Å². The molecule has 0 spiro atoms. The molecule has 1 aliphatic carbocycles. The fourth-order valence-electron chi connectivity index (χ4n) is 1.77. The van der Waals surface area contributed by atoms with Crippen LogP contribution >= 0.6 is 27.7 Å². The SMILES string of the molecule is CSC1(CNC(=O)c2cccc([N+](=O)[O-])c2Br)CC1. The van der Waals surface area contributed by atoms with Gasteiger partial charge in [-0.3, -0.25) is 14.9 Å². The Labute approximate surface area is 123 Å². The molecule has 2 rings (SSSR count). The van der Waals surface area contributed by atoms with Crippen molar-refractivity contribution in [2.24, 2.45) is 0 Å². The number of nitro groups is 1. The maximum absolute atomic E-state index is 12.1. The first-order valence-corrected chi connectivity index (χ1v) is 7.77. The van der Waals surface area contributed by atoms with Gasteiger partial charge < -0.3 is 5.32 Å².